The maximum Gasteiger partial charge on any atom is 0.146 e. The standard InChI is InChI=1S/C31H20FN/c32-29-15-7-8-16-30(29)33-20-17-18-24-23-11-3-6-14-27(23)31(28(24)19-20)25-12-4-1-9-21(25)22-10-2-5-13-26(22)31/h1-19,33H. The van der Waals surface area contributed by atoms with Crippen LogP contribution in [0.15, 0.2) is 115 Å². The quantitative estimate of drug-likeness (QED) is 0.297. The predicted octanol–water partition coefficient (Wildman–Crippen LogP) is 7.91. The van der Waals surface area contributed by atoms with Gasteiger partial charge in [-0.3, -0.25) is 0 Å². The summed E-state index contributed by atoms with van der Waals surface area (Å²) in [7, 11) is 0. The fourth-order valence-corrected chi connectivity index (χ4v) is 5.89. The molecule has 7 rings (SSSR count). The van der Waals surface area contributed by atoms with E-state index >= 15 is 0 Å². The Labute approximate surface area is 192 Å². The van der Waals surface area contributed by atoms with Crippen LogP contribution in [0.1, 0.15) is 22.3 Å². The van der Waals surface area contributed by atoms with Crippen LogP contribution in [0.25, 0.3) is 22.3 Å². The largest absolute Gasteiger partial charge is 0.353 e. The topological polar surface area (TPSA) is 12.0 Å². The molecule has 0 radical (unpaired) electrons. The van der Waals surface area contributed by atoms with E-state index in [-0.39, 0.29) is 11.2 Å². The first-order chi connectivity index (χ1) is 16.3. The molecule has 156 valence electrons. The zero-order valence-corrected chi connectivity index (χ0v) is 17.8. The highest BCUT2D eigenvalue weighted by molar-refractivity contribution is 5.95. The third-order valence-electron chi connectivity index (χ3n) is 7.15. The molecule has 1 nitrogen and oxygen atoms in total. The number of fused-ring (bicyclic) bond motifs is 10. The molecular weight excluding hydrogens is 405 g/mol. The van der Waals surface area contributed by atoms with Crippen LogP contribution < -0.4 is 5.32 Å². The molecule has 0 amide bonds. The summed E-state index contributed by atoms with van der Waals surface area (Å²) in [5.41, 5.74) is 11.2. The van der Waals surface area contributed by atoms with E-state index in [1.807, 2.05) is 12.1 Å². The number of nitrogens with one attached hydrogen (secondary N) is 1. The highest BCUT2D eigenvalue weighted by Gasteiger charge is 2.51. The Balaban J connectivity index is 1.54. The van der Waals surface area contributed by atoms with Gasteiger partial charge in [-0.1, -0.05) is 91.0 Å². The van der Waals surface area contributed by atoms with Crippen LogP contribution in [0.2, 0.25) is 0 Å². The molecule has 0 aromatic heterocycles. The summed E-state index contributed by atoms with van der Waals surface area (Å²) < 4.78 is 14.4. The summed E-state index contributed by atoms with van der Waals surface area (Å²) >= 11 is 0. The minimum absolute atomic E-state index is 0.257. The molecule has 0 fully saturated rings. The normalized spacial score (nSPS) is 13.8. The van der Waals surface area contributed by atoms with Gasteiger partial charge in [0.2, 0.25) is 0 Å². The Morgan fingerprint density at radius 3 is 1.55 bits per heavy atom. The fourth-order valence-electron chi connectivity index (χ4n) is 5.89. The average molecular weight is 426 g/mol. The van der Waals surface area contributed by atoms with Gasteiger partial charge >= 0.3 is 0 Å². The lowest BCUT2D eigenvalue weighted by Gasteiger charge is -2.30. The minimum Gasteiger partial charge on any atom is -0.353 e. The second-order valence-electron chi connectivity index (χ2n) is 8.75. The molecule has 0 aliphatic heterocycles. The fraction of sp³-hybridized carbons (Fsp3) is 0.0323. The lowest BCUT2D eigenvalue weighted by molar-refractivity contribution is 0.632. The van der Waals surface area contributed by atoms with Crippen molar-refractivity contribution in [3.63, 3.8) is 0 Å². The van der Waals surface area contributed by atoms with Gasteiger partial charge in [0.25, 0.3) is 0 Å². The lowest BCUT2D eigenvalue weighted by Crippen LogP contribution is -2.25. The molecule has 5 aromatic carbocycles. The van der Waals surface area contributed by atoms with Gasteiger partial charge in [0.1, 0.15) is 5.82 Å². The zero-order valence-electron chi connectivity index (χ0n) is 17.8. The first-order valence-electron chi connectivity index (χ1n) is 11.2. The Morgan fingerprint density at radius 1 is 0.485 bits per heavy atom. The van der Waals surface area contributed by atoms with Crippen LogP contribution in [-0.2, 0) is 5.41 Å². The molecule has 2 aliphatic rings. The molecule has 33 heavy (non-hydrogen) atoms. The van der Waals surface area contributed by atoms with Gasteiger partial charge in [-0.05, 0) is 68.8 Å². The first-order valence-corrected chi connectivity index (χ1v) is 11.2. The van der Waals surface area contributed by atoms with Crippen LogP contribution >= 0.6 is 0 Å². The number of hydrogen-bond donors (Lipinski definition) is 1. The van der Waals surface area contributed by atoms with Crippen molar-refractivity contribution in [1.82, 2.24) is 0 Å². The molecule has 0 saturated heterocycles. The molecule has 2 heteroatoms. The van der Waals surface area contributed by atoms with Gasteiger partial charge in [-0.2, -0.15) is 0 Å². The van der Waals surface area contributed by atoms with Crippen molar-refractivity contribution in [3.8, 4) is 22.3 Å². The van der Waals surface area contributed by atoms with Crippen LogP contribution in [0.5, 0.6) is 0 Å². The van der Waals surface area contributed by atoms with Crippen molar-refractivity contribution in [2.24, 2.45) is 0 Å². The number of halogens is 1. The van der Waals surface area contributed by atoms with Crippen LogP contribution in [0, 0.1) is 5.82 Å². The van der Waals surface area contributed by atoms with Crippen molar-refractivity contribution >= 4 is 11.4 Å². The van der Waals surface area contributed by atoms with Crippen LogP contribution in [0.4, 0.5) is 15.8 Å². The number of rotatable bonds is 2. The summed E-state index contributed by atoms with van der Waals surface area (Å²) in [5, 5.41) is 3.31. The van der Waals surface area contributed by atoms with Crippen LogP contribution in [0.3, 0.4) is 0 Å². The monoisotopic (exact) mass is 425 g/mol. The smallest absolute Gasteiger partial charge is 0.146 e. The average Bonchev–Trinajstić information content (AvgIpc) is 3.33. The van der Waals surface area contributed by atoms with Crippen molar-refractivity contribution in [2.75, 3.05) is 5.32 Å². The molecule has 0 saturated carbocycles. The first kappa shape index (κ1) is 18.4. The SMILES string of the molecule is Fc1ccccc1Nc1ccc2c(c1)C1(c3ccccc3-c3ccccc31)c1ccccc1-2. The van der Waals surface area contributed by atoms with E-state index in [1.165, 1.54) is 50.6 Å². The van der Waals surface area contributed by atoms with E-state index in [0.717, 1.165) is 5.69 Å². The lowest BCUT2D eigenvalue weighted by atomic mass is 9.70. The van der Waals surface area contributed by atoms with Gasteiger partial charge in [0, 0.05) is 5.69 Å². The molecule has 0 heterocycles. The Hall–Kier alpha value is -4.17. The molecule has 0 atom stereocenters. The van der Waals surface area contributed by atoms with E-state index in [9.17, 15) is 4.39 Å². The Kier molecular flexibility index (Phi) is 3.72. The van der Waals surface area contributed by atoms with Crippen molar-refractivity contribution in [3.05, 3.63) is 143 Å². The Morgan fingerprint density at radius 2 is 0.970 bits per heavy atom. The van der Waals surface area contributed by atoms with Crippen LogP contribution in [-0.4, -0.2) is 0 Å². The van der Waals surface area contributed by atoms with Gasteiger partial charge in [0.15, 0.2) is 0 Å². The van der Waals surface area contributed by atoms with Gasteiger partial charge < -0.3 is 5.32 Å². The maximum atomic E-state index is 14.4. The van der Waals surface area contributed by atoms with Gasteiger partial charge in [-0.25, -0.2) is 4.39 Å². The van der Waals surface area contributed by atoms with E-state index < -0.39 is 0 Å². The molecule has 5 aromatic rings. The summed E-state index contributed by atoms with van der Waals surface area (Å²) in [6.45, 7) is 0. The maximum absolute atomic E-state index is 14.4. The number of anilines is 2. The highest BCUT2D eigenvalue weighted by atomic mass is 19.1. The third-order valence-corrected chi connectivity index (χ3v) is 7.15. The highest BCUT2D eigenvalue weighted by Crippen LogP contribution is 2.62. The van der Waals surface area contributed by atoms with E-state index in [4.69, 9.17) is 0 Å². The molecular formula is C31H20FN. The summed E-state index contributed by atoms with van der Waals surface area (Å²) in [5.74, 6) is -0.257. The molecule has 1 N–H and O–H groups in total. The third kappa shape index (κ3) is 2.35. The van der Waals surface area contributed by atoms with Crippen molar-refractivity contribution in [2.45, 2.75) is 5.41 Å². The summed E-state index contributed by atoms with van der Waals surface area (Å²) in [4.78, 5) is 0. The molecule has 2 aliphatic carbocycles. The summed E-state index contributed by atoms with van der Waals surface area (Å²) in [6, 6.07) is 39.5. The van der Waals surface area contributed by atoms with Gasteiger partial charge in [0.05, 0.1) is 11.1 Å². The van der Waals surface area contributed by atoms with Gasteiger partial charge in [-0.15, -0.1) is 0 Å². The minimum atomic E-state index is -0.383. The second-order valence-corrected chi connectivity index (χ2v) is 8.75. The number of hydrogen-bond acceptors (Lipinski definition) is 1. The molecule has 0 bridgehead atoms. The van der Waals surface area contributed by atoms with E-state index in [0.29, 0.717) is 5.69 Å². The van der Waals surface area contributed by atoms with E-state index in [1.54, 1.807) is 12.1 Å². The number of benzene rings is 5. The number of para-hydroxylation sites is 1. The van der Waals surface area contributed by atoms with E-state index in [2.05, 4.69) is 90.2 Å². The molecule has 0 unspecified atom stereocenters. The summed E-state index contributed by atoms with van der Waals surface area (Å²) in [6.07, 6.45) is 0. The zero-order chi connectivity index (χ0) is 22.0. The van der Waals surface area contributed by atoms with Crippen molar-refractivity contribution in [1.29, 1.82) is 0 Å². The predicted molar refractivity (Wildman–Crippen MR) is 132 cm³/mol. The Bertz CT molecular complexity index is 1500. The molecule has 1 spiro atoms. The van der Waals surface area contributed by atoms with Crippen molar-refractivity contribution < 1.29 is 4.39 Å². The second kappa shape index (κ2) is 6.66.